The van der Waals surface area contributed by atoms with Gasteiger partial charge in [-0.3, -0.25) is 0 Å². The van der Waals surface area contributed by atoms with Crippen molar-refractivity contribution < 1.29 is 4.79 Å². The van der Waals surface area contributed by atoms with Crippen molar-refractivity contribution in [2.75, 3.05) is 19.4 Å². The van der Waals surface area contributed by atoms with Crippen LogP contribution in [0.25, 0.3) is 11.1 Å². The van der Waals surface area contributed by atoms with Crippen LogP contribution in [0, 0.1) is 6.92 Å². The maximum Gasteiger partial charge on any atom is 0.321 e. The average Bonchev–Trinajstić information content (AvgIpc) is 2.39. The molecule has 0 heterocycles. The summed E-state index contributed by atoms with van der Waals surface area (Å²) in [5, 5.41) is 2.82. The van der Waals surface area contributed by atoms with E-state index in [0.717, 1.165) is 11.3 Å². The van der Waals surface area contributed by atoms with E-state index in [0.29, 0.717) is 0 Å². The van der Waals surface area contributed by atoms with Gasteiger partial charge in [0.1, 0.15) is 0 Å². The first-order valence-corrected chi connectivity index (χ1v) is 6.21. The summed E-state index contributed by atoms with van der Waals surface area (Å²) in [5.74, 6) is 0. The van der Waals surface area contributed by atoms with Gasteiger partial charge < -0.3 is 10.2 Å². The molecule has 0 unspecified atom stereocenters. The van der Waals surface area contributed by atoms with E-state index < -0.39 is 0 Å². The van der Waals surface area contributed by atoms with E-state index in [4.69, 9.17) is 0 Å². The molecule has 2 rings (SSSR count). The fourth-order valence-corrected chi connectivity index (χ4v) is 1.81. The van der Waals surface area contributed by atoms with Crippen LogP contribution in [0.4, 0.5) is 10.5 Å². The lowest BCUT2D eigenvalue weighted by molar-refractivity contribution is 0.230. The number of anilines is 1. The van der Waals surface area contributed by atoms with E-state index in [-0.39, 0.29) is 6.03 Å². The van der Waals surface area contributed by atoms with Crippen molar-refractivity contribution in [3.8, 4) is 11.1 Å². The van der Waals surface area contributed by atoms with Crippen LogP contribution in [0.3, 0.4) is 0 Å². The van der Waals surface area contributed by atoms with Crippen molar-refractivity contribution in [3.63, 3.8) is 0 Å². The van der Waals surface area contributed by atoms with Crippen LogP contribution in [0.5, 0.6) is 0 Å². The molecule has 98 valence electrons. The maximum atomic E-state index is 11.5. The molecule has 2 aromatic carbocycles. The van der Waals surface area contributed by atoms with Gasteiger partial charge in [-0.05, 0) is 30.2 Å². The SMILES string of the molecule is Cc1cccc(-c2ccc(NC(=O)N(C)C)cc2)c1. The third-order valence-electron chi connectivity index (χ3n) is 2.89. The quantitative estimate of drug-likeness (QED) is 0.869. The van der Waals surface area contributed by atoms with Crippen LogP contribution >= 0.6 is 0 Å². The minimum Gasteiger partial charge on any atom is -0.331 e. The van der Waals surface area contributed by atoms with Crippen molar-refractivity contribution in [1.82, 2.24) is 4.90 Å². The molecular weight excluding hydrogens is 236 g/mol. The maximum absolute atomic E-state index is 11.5. The van der Waals surface area contributed by atoms with E-state index >= 15 is 0 Å². The number of nitrogens with one attached hydrogen (secondary N) is 1. The van der Waals surface area contributed by atoms with E-state index in [1.807, 2.05) is 30.3 Å². The lowest BCUT2D eigenvalue weighted by Gasteiger charge is -2.12. The third-order valence-corrected chi connectivity index (χ3v) is 2.89. The van der Waals surface area contributed by atoms with Gasteiger partial charge in [-0.1, -0.05) is 42.0 Å². The predicted octanol–water partition coefficient (Wildman–Crippen LogP) is 3.76. The summed E-state index contributed by atoms with van der Waals surface area (Å²) in [6.45, 7) is 2.08. The first-order chi connectivity index (χ1) is 9.06. The van der Waals surface area contributed by atoms with Crippen LogP contribution < -0.4 is 5.32 Å². The predicted molar refractivity (Wildman–Crippen MR) is 79.3 cm³/mol. The molecule has 0 saturated heterocycles. The largest absolute Gasteiger partial charge is 0.331 e. The van der Waals surface area contributed by atoms with E-state index in [1.165, 1.54) is 16.0 Å². The fraction of sp³-hybridized carbons (Fsp3) is 0.188. The number of hydrogen-bond donors (Lipinski definition) is 1. The molecule has 0 aliphatic carbocycles. The number of amides is 2. The minimum absolute atomic E-state index is 0.122. The van der Waals surface area contributed by atoms with Crippen LogP contribution in [-0.4, -0.2) is 25.0 Å². The molecule has 0 aromatic heterocycles. The number of nitrogens with zero attached hydrogens (tertiary/aromatic N) is 1. The Bertz CT molecular complexity index is 574. The second-order valence-electron chi connectivity index (χ2n) is 4.77. The van der Waals surface area contributed by atoms with Gasteiger partial charge in [0.2, 0.25) is 0 Å². The molecule has 0 radical (unpaired) electrons. The Kier molecular flexibility index (Phi) is 3.85. The van der Waals surface area contributed by atoms with Crippen LogP contribution in [0.1, 0.15) is 5.56 Å². The van der Waals surface area contributed by atoms with Gasteiger partial charge in [-0.25, -0.2) is 4.79 Å². The molecule has 0 spiro atoms. The zero-order chi connectivity index (χ0) is 13.8. The summed E-state index contributed by atoms with van der Waals surface area (Å²) >= 11 is 0. The molecule has 0 aliphatic heterocycles. The van der Waals surface area contributed by atoms with Gasteiger partial charge in [0.25, 0.3) is 0 Å². The van der Waals surface area contributed by atoms with Crippen molar-refractivity contribution in [2.24, 2.45) is 0 Å². The zero-order valence-electron chi connectivity index (χ0n) is 11.5. The molecule has 3 nitrogen and oxygen atoms in total. The van der Waals surface area contributed by atoms with Crippen LogP contribution in [-0.2, 0) is 0 Å². The summed E-state index contributed by atoms with van der Waals surface area (Å²) in [4.78, 5) is 13.0. The highest BCUT2D eigenvalue weighted by atomic mass is 16.2. The molecule has 0 bridgehead atoms. The number of carbonyl (C=O) groups excluding carboxylic acids is 1. The molecule has 2 amide bonds. The lowest BCUT2D eigenvalue weighted by Crippen LogP contribution is -2.27. The molecule has 0 saturated carbocycles. The molecule has 0 fully saturated rings. The van der Waals surface area contributed by atoms with Crippen molar-refractivity contribution in [3.05, 3.63) is 54.1 Å². The summed E-state index contributed by atoms with van der Waals surface area (Å²) in [5.41, 5.74) is 4.37. The van der Waals surface area contributed by atoms with E-state index in [2.05, 4.69) is 30.4 Å². The molecule has 19 heavy (non-hydrogen) atoms. The van der Waals surface area contributed by atoms with Crippen molar-refractivity contribution >= 4 is 11.7 Å². The first-order valence-electron chi connectivity index (χ1n) is 6.21. The van der Waals surface area contributed by atoms with Crippen molar-refractivity contribution in [2.45, 2.75) is 6.92 Å². The fourth-order valence-electron chi connectivity index (χ4n) is 1.81. The normalized spacial score (nSPS) is 10.1. The third kappa shape index (κ3) is 3.35. The Hall–Kier alpha value is -2.29. The molecule has 1 N–H and O–H groups in total. The number of rotatable bonds is 2. The summed E-state index contributed by atoms with van der Waals surface area (Å²) in [6.07, 6.45) is 0. The van der Waals surface area contributed by atoms with Gasteiger partial charge in [-0.2, -0.15) is 0 Å². The lowest BCUT2D eigenvalue weighted by atomic mass is 10.0. The highest BCUT2D eigenvalue weighted by molar-refractivity contribution is 5.89. The van der Waals surface area contributed by atoms with E-state index in [1.54, 1.807) is 14.1 Å². The number of benzene rings is 2. The number of urea groups is 1. The standard InChI is InChI=1S/C16H18N2O/c1-12-5-4-6-14(11-12)13-7-9-15(10-8-13)17-16(19)18(2)3/h4-11H,1-3H3,(H,17,19). The summed E-state index contributed by atoms with van der Waals surface area (Å²) in [6, 6.07) is 16.1. The van der Waals surface area contributed by atoms with Gasteiger partial charge in [0.05, 0.1) is 0 Å². The zero-order valence-corrected chi connectivity index (χ0v) is 11.5. The first kappa shape index (κ1) is 13.1. The summed E-state index contributed by atoms with van der Waals surface area (Å²) < 4.78 is 0. The molecule has 0 atom stereocenters. The van der Waals surface area contributed by atoms with Gasteiger partial charge in [0, 0.05) is 19.8 Å². The molecule has 3 heteroatoms. The highest BCUT2D eigenvalue weighted by Crippen LogP contribution is 2.22. The van der Waals surface area contributed by atoms with Crippen LogP contribution in [0.15, 0.2) is 48.5 Å². The Labute approximate surface area is 113 Å². The second-order valence-corrected chi connectivity index (χ2v) is 4.77. The number of hydrogen-bond acceptors (Lipinski definition) is 1. The smallest absolute Gasteiger partial charge is 0.321 e. The Morgan fingerprint density at radius 2 is 1.68 bits per heavy atom. The molecule has 2 aromatic rings. The second kappa shape index (κ2) is 5.57. The van der Waals surface area contributed by atoms with Crippen molar-refractivity contribution in [1.29, 1.82) is 0 Å². The molecular formula is C16H18N2O. The number of carbonyl (C=O) groups is 1. The number of aryl methyl sites for hydroxylation is 1. The van der Waals surface area contributed by atoms with E-state index in [9.17, 15) is 4.79 Å². The van der Waals surface area contributed by atoms with Gasteiger partial charge >= 0.3 is 6.03 Å². The topological polar surface area (TPSA) is 32.3 Å². The Morgan fingerprint density at radius 1 is 1.00 bits per heavy atom. The Balaban J connectivity index is 2.17. The average molecular weight is 254 g/mol. The van der Waals surface area contributed by atoms with Gasteiger partial charge in [0.15, 0.2) is 0 Å². The minimum atomic E-state index is -0.122. The van der Waals surface area contributed by atoms with Crippen LogP contribution in [0.2, 0.25) is 0 Å². The van der Waals surface area contributed by atoms with Gasteiger partial charge in [-0.15, -0.1) is 0 Å². The Morgan fingerprint density at radius 3 is 2.26 bits per heavy atom. The monoisotopic (exact) mass is 254 g/mol. The summed E-state index contributed by atoms with van der Waals surface area (Å²) in [7, 11) is 3.44. The molecule has 0 aliphatic rings. The highest BCUT2D eigenvalue weighted by Gasteiger charge is 2.04.